The molecule has 0 bridgehead atoms. The van der Waals surface area contributed by atoms with Gasteiger partial charge in [0.05, 0.1) is 15.8 Å². The SMILES string of the molecule is O=C(NCc1ccccc1)N1CCC(NS(=O)(=O)CCc2cccc(Cl)c2Cl)CC1. The molecule has 0 aliphatic carbocycles. The first-order valence-corrected chi connectivity index (χ1v) is 12.2. The number of rotatable bonds is 7. The normalized spacial score (nSPS) is 15.2. The second-order valence-corrected chi connectivity index (χ2v) is 9.96. The van der Waals surface area contributed by atoms with Gasteiger partial charge in [0.2, 0.25) is 10.0 Å². The fourth-order valence-electron chi connectivity index (χ4n) is 3.38. The number of nitrogens with zero attached hydrogens (tertiary/aromatic N) is 1. The number of amides is 2. The highest BCUT2D eigenvalue weighted by molar-refractivity contribution is 7.89. The van der Waals surface area contributed by atoms with E-state index in [1.54, 1.807) is 23.1 Å². The third-order valence-electron chi connectivity index (χ3n) is 5.09. The van der Waals surface area contributed by atoms with Crippen LogP contribution in [0.5, 0.6) is 0 Å². The molecule has 0 saturated carbocycles. The van der Waals surface area contributed by atoms with E-state index in [1.807, 2.05) is 30.3 Å². The van der Waals surface area contributed by atoms with Crippen molar-refractivity contribution in [1.82, 2.24) is 14.9 Å². The average molecular weight is 470 g/mol. The van der Waals surface area contributed by atoms with Gasteiger partial charge in [0.1, 0.15) is 0 Å². The molecule has 162 valence electrons. The van der Waals surface area contributed by atoms with Crippen LogP contribution in [0.1, 0.15) is 24.0 Å². The lowest BCUT2D eigenvalue weighted by atomic mass is 10.1. The van der Waals surface area contributed by atoms with Crippen molar-refractivity contribution < 1.29 is 13.2 Å². The Morgan fingerprint density at radius 2 is 1.73 bits per heavy atom. The van der Waals surface area contributed by atoms with Crippen molar-refractivity contribution in [3.63, 3.8) is 0 Å². The maximum absolute atomic E-state index is 12.5. The van der Waals surface area contributed by atoms with E-state index < -0.39 is 10.0 Å². The number of benzene rings is 2. The molecular weight excluding hydrogens is 445 g/mol. The molecule has 2 aromatic rings. The lowest BCUT2D eigenvalue weighted by molar-refractivity contribution is 0.179. The lowest BCUT2D eigenvalue weighted by Gasteiger charge is -2.32. The quantitative estimate of drug-likeness (QED) is 0.646. The van der Waals surface area contributed by atoms with Crippen LogP contribution in [-0.4, -0.2) is 44.2 Å². The van der Waals surface area contributed by atoms with Crippen molar-refractivity contribution in [1.29, 1.82) is 0 Å². The minimum Gasteiger partial charge on any atom is -0.334 e. The predicted molar refractivity (Wildman–Crippen MR) is 120 cm³/mol. The van der Waals surface area contributed by atoms with Crippen molar-refractivity contribution >= 4 is 39.3 Å². The molecule has 1 heterocycles. The summed E-state index contributed by atoms with van der Waals surface area (Å²) in [4.78, 5) is 14.1. The van der Waals surface area contributed by atoms with Crippen molar-refractivity contribution in [2.24, 2.45) is 0 Å². The number of sulfonamides is 1. The van der Waals surface area contributed by atoms with E-state index in [9.17, 15) is 13.2 Å². The Hall–Kier alpha value is -1.80. The van der Waals surface area contributed by atoms with Crippen LogP contribution in [0.3, 0.4) is 0 Å². The molecule has 2 aromatic carbocycles. The highest BCUT2D eigenvalue weighted by Crippen LogP contribution is 2.26. The number of urea groups is 1. The van der Waals surface area contributed by atoms with E-state index in [0.29, 0.717) is 48.1 Å². The number of likely N-dealkylation sites (tertiary alicyclic amines) is 1. The van der Waals surface area contributed by atoms with Gasteiger partial charge in [-0.2, -0.15) is 0 Å². The largest absolute Gasteiger partial charge is 0.334 e. The molecule has 1 saturated heterocycles. The molecular formula is C21H25Cl2N3O3S. The molecule has 0 spiro atoms. The Morgan fingerprint density at radius 1 is 1.03 bits per heavy atom. The maximum Gasteiger partial charge on any atom is 0.317 e. The van der Waals surface area contributed by atoms with Crippen LogP contribution in [0, 0.1) is 0 Å². The summed E-state index contributed by atoms with van der Waals surface area (Å²) in [7, 11) is -3.46. The van der Waals surface area contributed by atoms with Crippen LogP contribution in [0.4, 0.5) is 4.79 Å². The van der Waals surface area contributed by atoms with Gasteiger partial charge in [0.15, 0.2) is 0 Å². The summed E-state index contributed by atoms with van der Waals surface area (Å²) in [5.41, 5.74) is 1.74. The van der Waals surface area contributed by atoms with E-state index in [4.69, 9.17) is 23.2 Å². The Morgan fingerprint density at radius 3 is 2.43 bits per heavy atom. The number of hydrogen-bond acceptors (Lipinski definition) is 3. The average Bonchev–Trinajstić information content (AvgIpc) is 2.74. The van der Waals surface area contributed by atoms with E-state index in [2.05, 4.69) is 10.0 Å². The molecule has 0 atom stereocenters. The van der Waals surface area contributed by atoms with Crippen LogP contribution in [0.2, 0.25) is 10.0 Å². The topological polar surface area (TPSA) is 78.5 Å². The molecule has 1 aliphatic rings. The fraction of sp³-hybridized carbons (Fsp3) is 0.381. The van der Waals surface area contributed by atoms with E-state index in [-0.39, 0.29) is 24.2 Å². The monoisotopic (exact) mass is 469 g/mol. The molecule has 3 rings (SSSR count). The Labute approximate surface area is 187 Å². The van der Waals surface area contributed by atoms with Crippen LogP contribution in [0.15, 0.2) is 48.5 Å². The second kappa shape index (κ2) is 10.5. The van der Waals surface area contributed by atoms with Crippen LogP contribution in [0.25, 0.3) is 0 Å². The third kappa shape index (κ3) is 6.60. The van der Waals surface area contributed by atoms with Gasteiger partial charge < -0.3 is 10.2 Å². The molecule has 6 nitrogen and oxygen atoms in total. The second-order valence-electron chi connectivity index (χ2n) is 7.31. The van der Waals surface area contributed by atoms with Gasteiger partial charge in [-0.25, -0.2) is 17.9 Å². The Kier molecular flexibility index (Phi) is 7.99. The van der Waals surface area contributed by atoms with E-state index >= 15 is 0 Å². The van der Waals surface area contributed by atoms with Gasteiger partial charge >= 0.3 is 6.03 Å². The molecule has 1 aliphatic heterocycles. The van der Waals surface area contributed by atoms with E-state index in [0.717, 1.165) is 5.56 Å². The van der Waals surface area contributed by atoms with Crippen LogP contribution >= 0.6 is 23.2 Å². The first-order chi connectivity index (χ1) is 14.3. The van der Waals surface area contributed by atoms with Gasteiger partial charge in [0.25, 0.3) is 0 Å². The summed E-state index contributed by atoms with van der Waals surface area (Å²) >= 11 is 12.1. The zero-order valence-corrected chi connectivity index (χ0v) is 18.8. The minimum absolute atomic E-state index is 0.0646. The fourth-order valence-corrected chi connectivity index (χ4v) is 5.15. The number of nitrogens with one attached hydrogen (secondary N) is 2. The van der Waals surface area contributed by atoms with Crippen molar-refractivity contribution in [3.05, 3.63) is 69.7 Å². The first-order valence-electron chi connectivity index (χ1n) is 9.83. The lowest BCUT2D eigenvalue weighted by Crippen LogP contribution is -2.49. The Balaban J connectivity index is 1.43. The maximum atomic E-state index is 12.5. The smallest absolute Gasteiger partial charge is 0.317 e. The predicted octanol–water partition coefficient (Wildman–Crippen LogP) is 3.83. The number of carbonyl (C=O) groups is 1. The zero-order chi connectivity index (χ0) is 21.6. The number of carbonyl (C=O) groups excluding carboxylic acids is 1. The molecule has 2 amide bonds. The minimum atomic E-state index is -3.46. The number of hydrogen-bond donors (Lipinski definition) is 2. The molecule has 0 aromatic heterocycles. The highest BCUT2D eigenvalue weighted by Gasteiger charge is 2.26. The summed E-state index contributed by atoms with van der Waals surface area (Å²) in [5, 5.41) is 3.71. The van der Waals surface area contributed by atoms with Gasteiger partial charge in [-0.15, -0.1) is 0 Å². The molecule has 9 heteroatoms. The number of halogens is 2. The molecule has 1 fully saturated rings. The summed E-state index contributed by atoms with van der Waals surface area (Å²) in [6.07, 6.45) is 1.45. The number of piperidine rings is 1. The van der Waals surface area contributed by atoms with Crippen molar-refractivity contribution in [2.45, 2.75) is 31.8 Å². The highest BCUT2D eigenvalue weighted by atomic mass is 35.5. The van der Waals surface area contributed by atoms with Gasteiger partial charge in [-0.1, -0.05) is 65.7 Å². The van der Waals surface area contributed by atoms with Crippen molar-refractivity contribution in [2.75, 3.05) is 18.8 Å². The van der Waals surface area contributed by atoms with Crippen LogP contribution < -0.4 is 10.0 Å². The first kappa shape index (κ1) is 22.9. The summed E-state index contributed by atoms with van der Waals surface area (Å²) in [5.74, 6) is -0.0646. The van der Waals surface area contributed by atoms with Crippen LogP contribution in [-0.2, 0) is 23.0 Å². The summed E-state index contributed by atoms with van der Waals surface area (Å²) in [6.45, 7) is 1.49. The molecule has 2 N–H and O–H groups in total. The molecule has 0 unspecified atom stereocenters. The van der Waals surface area contributed by atoms with Crippen molar-refractivity contribution in [3.8, 4) is 0 Å². The Bertz CT molecular complexity index is 963. The van der Waals surface area contributed by atoms with Gasteiger partial charge in [-0.05, 0) is 36.5 Å². The standard InChI is InChI=1S/C21H25Cl2N3O3S/c22-19-8-4-7-17(20(19)23)11-14-30(28,29)25-18-9-12-26(13-10-18)21(27)24-15-16-5-2-1-3-6-16/h1-8,18,25H,9-15H2,(H,24,27). The summed E-state index contributed by atoms with van der Waals surface area (Å²) < 4.78 is 27.7. The molecule has 0 radical (unpaired) electrons. The van der Waals surface area contributed by atoms with Gasteiger partial charge in [0, 0.05) is 25.7 Å². The summed E-state index contributed by atoms with van der Waals surface area (Å²) in [6, 6.07) is 14.6. The number of aryl methyl sites for hydroxylation is 1. The zero-order valence-electron chi connectivity index (χ0n) is 16.5. The molecule has 30 heavy (non-hydrogen) atoms. The third-order valence-corrected chi connectivity index (χ3v) is 7.38. The van der Waals surface area contributed by atoms with Gasteiger partial charge in [-0.3, -0.25) is 0 Å². The van der Waals surface area contributed by atoms with E-state index in [1.165, 1.54) is 0 Å².